The predicted molar refractivity (Wildman–Crippen MR) is 115 cm³/mol. The van der Waals surface area contributed by atoms with Crippen molar-refractivity contribution in [2.24, 2.45) is 5.92 Å². The van der Waals surface area contributed by atoms with E-state index in [1.165, 1.54) is 11.6 Å². The summed E-state index contributed by atoms with van der Waals surface area (Å²) in [6, 6.07) is 16.8. The molecule has 0 saturated heterocycles. The van der Waals surface area contributed by atoms with Gasteiger partial charge < -0.3 is 4.42 Å². The largest absolute Gasteiger partial charge is 0.420 e. The second kappa shape index (κ2) is 7.98. The van der Waals surface area contributed by atoms with E-state index in [9.17, 15) is 4.39 Å². The summed E-state index contributed by atoms with van der Waals surface area (Å²) >= 11 is 0. The molecule has 2 aromatic heterocycles. The molecule has 2 heterocycles. The molecule has 0 amide bonds. The number of rotatable bonds is 4. The number of fused-ring (bicyclic) bond motifs is 1. The van der Waals surface area contributed by atoms with Crippen LogP contribution in [0.1, 0.15) is 55.9 Å². The first-order chi connectivity index (χ1) is 14.7. The highest BCUT2D eigenvalue weighted by atomic mass is 19.1. The Labute approximate surface area is 175 Å². The molecule has 0 unspecified atom stereocenters. The van der Waals surface area contributed by atoms with E-state index in [1.807, 2.05) is 36.5 Å². The molecule has 4 nitrogen and oxygen atoms in total. The van der Waals surface area contributed by atoms with E-state index in [-0.39, 0.29) is 11.7 Å². The van der Waals surface area contributed by atoms with E-state index in [4.69, 9.17) is 4.42 Å². The maximum absolute atomic E-state index is 13.8. The molecule has 1 saturated carbocycles. The van der Waals surface area contributed by atoms with Crippen molar-refractivity contribution in [1.29, 1.82) is 0 Å². The molecule has 1 aliphatic rings. The molecule has 30 heavy (non-hydrogen) atoms. The molecule has 2 aromatic carbocycles. The Kier molecular flexibility index (Phi) is 5.03. The van der Waals surface area contributed by atoms with Crippen molar-refractivity contribution >= 4 is 10.9 Å². The molecule has 5 heteroatoms. The molecule has 0 spiro atoms. The predicted octanol–water partition coefficient (Wildman–Crippen LogP) is 6.50. The summed E-state index contributed by atoms with van der Waals surface area (Å²) in [6.07, 6.45) is 6.17. The normalized spacial score (nSPS) is 20.3. The summed E-state index contributed by atoms with van der Waals surface area (Å²) in [4.78, 5) is 4.39. The van der Waals surface area contributed by atoms with E-state index in [1.54, 1.807) is 12.1 Å². The lowest BCUT2D eigenvalue weighted by Crippen LogP contribution is -2.18. The van der Waals surface area contributed by atoms with Crippen LogP contribution in [0.5, 0.6) is 0 Å². The zero-order valence-corrected chi connectivity index (χ0v) is 17.0. The second-order valence-electron chi connectivity index (χ2n) is 8.27. The molecule has 5 rings (SSSR count). The van der Waals surface area contributed by atoms with Gasteiger partial charge in [0.25, 0.3) is 0 Å². The number of halogens is 1. The van der Waals surface area contributed by atoms with Crippen LogP contribution in [0.3, 0.4) is 0 Å². The fourth-order valence-corrected chi connectivity index (χ4v) is 4.74. The van der Waals surface area contributed by atoms with Crippen LogP contribution in [0.2, 0.25) is 0 Å². The molecule has 1 aliphatic carbocycles. The number of hydrogen-bond acceptors (Lipinski definition) is 4. The Balaban J connectivity index is 1.30. The third-order valence-electron chi connectivity index (χ3n) is 6.51. The Bertz CT molecular complexity index is 1150. The molecule has 152 valence electrons. The van der Waals surface area contributed by atoms with Crippen molar-refractivity contribution in [2.75, 3.05) is 0 Å². The Morgan fingerprint density at radius 3 is 2.57 bits per heavy atom. The van der Waals surface area contributed by atoms with Gasteiger partial charge in [-0.25, -0.2) is 4.39 Å². The maximum atomic E-state index is 13.8. The third kappa shape index (κ3) is 3.60. The highest BCUT2D eigenvalue weighted by Gasteiger charge is 2.30. The summed E-state index contributed by atoms with van der Waals surface area (Å²) in [5.41, 5.74) is 3.03. The standard InChI is InChI=1S/C25H24FN3O/c1-16(24-28-29-25(30-24)19-5-3-2-4-6-19)17-7-9-18(10-8-17)21-13-14-27-23-12-11-20(26)15-22(21)23/h2-6,11-18H,7-10H2,1H3/t16-,17?,18?/m1/s1. The molecule has 0 bridgehead atoms. The first-order valence-electron chi connectivity index (χ1n) is 10.6. The smallest absolute Gasteiger partial charge is 0.247 e. The summed E-state index contributed by atoms with van der Waals surface area (Å²) in [5.74, 6) is 2.26. The van der Waals surface area contributed by atoms with Gasteiger partial charge in [-0.3, -0.25) is 4.98 Å². The van der Waals surface area contributed by atoms with Gasteiger partial charge in [-0.15, -0.1) is 10.2 Å². The second-order valence-corrected chi connectivity index (χ2v) is 8.27. The third-order valence-corrected chi connectivity index (χ3v) is 6.51. The number of pyridine rings is 1. The van der Waals surface area contributed by atoms with Gasteiger partial charge in [0.15, 0.2) is 0 Å². The van der Waals surface area contributed by atoms with Gasteiger partial charge >= 0.3 is 0 Å². The van der Waals surface area contributed by atoms with Crippen LogP contribution in [0.25, 0.3) is 22.4 Å². The first-order valence-corrected chi connectivity index (χ1v) is 10.6. The molecule has 1 atom stereocenters. The quantitative estimate of drug-likeness (QED) is 0.391. The lowest BCUT2D eigenvalue weighted by atomic mass is 9.74. The molecule has 4 aromatic rings. The van der Waals surface area contributed by atoms with Crippen LogP contribution in [-0.2, 0) is 0 Å². The van der Waals surface area contributed by atoms with E-state index >= 15 is 0 Å². The monoisotopic (exact) mass is 401 g/mol. The van der Waals surface area contributed by atoms with Gasteiger partial charge in [0, 0.05) is 23.1 Å². The topological polar surface area (TPSA) is 51.8 Å². The summed E-state index contributed by atoms with van der Waals surface area (Å²) in [7, 11) is 0. The highest BCUT2D eigenvalue weighted by molar-refractivity contribution is 5.82. The fourth-order valence-electron chi connectivity index (χ4n) is 4.74. The van der Waals surface area contributed by atoms with Gasteiger partial charge in [-0.05, 0) is 79.5 Å². The fraction of sp³-hybridized carbons (Fsp3) is 0.320. The van der Waals surface area contributed by atoms with Gasteiger partial charge in [0.1, 0.15) is 5.82 Å². The van der Waals surface area contributed by atoms with Gasteiger partial charge in [0.05, 0.1) is 5.52 Å². The van der Waals surface area contributed by atoms with Gasteiger partial charge in [-0.2, -0.15) is 0 Å². The number of benzene rings is 2. The average Bonchev–Trinajstić information content (AvgIpc) is 3.29. The molecule has 0 N–H and O–H groups in total. The van der Waals surface area contributed by atoms with Crippen molar-refractivity contribution in [3.8, 4) is 11.5 Å². The van der Waals surface area contributed by atoms with Crippen molar-refractivity contribution in [3.63, 3.8) is 0 Å². The van der Waals surface area contributed by atoms with Crippen LogP contribution in [-0.4, -0.2) is 15.2 Å². The maximum Gasteiger partial charge on any atom is 0.247 e. The van der Waals surface area contributed by atoms with E-state index in [0.717, 1.165) is 42.1 Å². The van der Waals surface area contributed by atoms with E-state index < -0.39 is 0 Å². The van der Waals surface area contributed by atoms with Crippen molar-refractivity contribution < 1.29 is 8.81 Å². The summed E-state index contributed by atoms with van der Waals surface area (Å²) in [5, 5.41) is 9.52. The van der Waals surface area contributed by atoms with Gasteiger partial charge in [0.2, 0.25) is 11.8 Å². The van der Waals surface area contributed by atoms with Crippen LogP contribution >= 0.6 is 0 Å². The van der Waals surface area contributed by atoms with Crippen LogP contribution < -0.4 is 0 Å². The van der Waals surface area contributed by atoms with Crippen molar-refractivity contribution in [2.45, 2.75) is 44.4 Å². The number of aromatic nitrogens is 3. The minimum Gasteiger partial charge on any atom is -0.420 e. The Hall–Kier alpha value is -3.08. The average molecular weight is 401 g/mol. The minimum absolute atomic E-state index is 0.204. The lowest BCUT2D eigenvalue weighted by molar-refractivity contribution is 0.266. The molecule has 0 aliphatic heterocycles. The number of nitrogens with zero attached hydrogens (tertiary/aromatic N) is 3. The van der Waals surface area contributed by atoms with Crippen molar-refractivity contribution in [3.05, 3.63) is 78.1 Å². The molecule has 0 radical (unpaired) electrons. The van der Waals surface area contributed by atoms with E-state index in [0.29, 0.717) is 23.6 Å². The van der Waals surface area contributed by atoms with Crippen LogP contribution in [0.15, 0.2) is 65.2 Å². The lowest BCUT2D eigenvalue weighted by Gasteiger charge is -2.31. The minimum atomic E-state index is -0.204. The Morgan fingerprint density at radius 2 is 1.77 bits per heavy atom. The van der Waals surface area contributed by atoms with Crippen LogP contribution in [0, 0.1) is 11.7 Å². The highest BCUT2D eigenvalue weighted by Crippen LogP contribution is 2.43. The van der Waals surface area contributed by atoms with Crippen LogP contribution in [0.4, 0.5) is 4.39 Å². The Morgan fingerprint density at radius 1 is 0.967 bits per heavy atom. The molecular formula is C25H24FN3O. The molecule has 1 fully saturated rings. The van der Waals surface area contributed by atoms with Gasteiger partial charge in [-0.1, -0.05) is 25.1 Å². The molecular weight excluding hydrogens is 377 g/mol. The SMILES string of the molecule is C[C@@H](c1nnc(-c2ccccc2)o1)C1CCC(c2ccnc3ccc(F)cc23)CC1. The zero-order valence-electron chi connectivity index (χ0n) is 17.0. The van der Waals surface area contributed by atoms with Crippen molar-refractivity contribution in [1.82, 2.24) is 15.2 Å². The zero-order chi connectivity index (χ0) is 20.5. The summed E-state index contributed by atoms with van der Waals surface area (Å²) in [6.45, 7) is 2.19. The first kappa shape index (κ1) is 18.9. The summed E-state index contributed by atoms with van der Waals surface area (Å²) < 4.78 is 19.8. The van der Waals surface area contributed by atoms with E-state index in [2.05, 4.69) is 28.2 Å². The number of hydrogen-bond donors (Lipinski definition) is 0.